The van der Waals surface area contributed by atoms with Gasteiger partial charge in [-0.3, -0.25) is 20.2 Å². The number of imide groups is 2. The average Bonchev–Trinajstić information content (AvgIpc) is 3.15. The molecule has 29 heavy (non-hydrogen) atoms. The Hall–Kier alpha value is -4.20. The maximum atomic E-state index is 12.1. The van der Waals surface area contributed by atoms with Crippen molar-refractivity contribution in [2.45, 2.75) is 0 Å². The molecule has 2 heterocycles. The van der Waals surface area contributed by atoms with Gasteiger partial charge in [0.05, 0.1) is 18.5 Å². The highest BCUT2D eigenvalue weighted by Gasteiger charge is 2.28. The molecule has 4 amide bonds. The summed E-state index contributed by atoms with van der Waals surface area (Å²) < 4.78 is 6.86. The second kappa shape index (κ2) is 7.43. The van der Waals surface area contributed by atoms with Gasteiger partial charge in [-0.25, -0.2) is 9.48 Å². The molecule has 1 aromatic heterocycles. The number of nitrogens with zero attached hydrogens (tertiary/aromatic N) is 2. The van der Waals surface area contributed by atoms with Crippen LogP contribution in [0.2, 0.25) is 0 Å². The molecule has 2 N–H and O–H groups in total. The fourth-order valence-electron chi connectivity index (χ4n) is 2.94. The predicted octanol–water partition coefficient (Wildman–Crippen LogP) is 2.30. The maximum Gasteiger partial charge on any atom is 0.328 e. The summed E-state index contributed by atoms with van der Waals surface area (Å²) in [6, 6.07) is 15.9. The quantitative estimate of drug-likeness (QED) is 0.527. The van der Waals surface area contributed by atoms with E-state index in [2.05, 4.69) is 15.7 Å². The number of nitrogens with one attached hydrogen (secondary N) is 2. The van der Waals surface area contributed by atoms with E-state index in [0.29, 0.717) is 17.0 Å². The zero-order valence-electron chi connectivity index (χ0n) is 15.4. The molecule has 0 bridgehead atoms. The lowest BCUT2D eigenvalue weighted by molar-refractivity contribution is -0.123. The molecule has 1 saturated heterocycles. The Morgan fingerprint density at radius 1 is 0.931 bits per heavy atom. The summed E-state index contributed by atoms with van der Waals surface area (Å²) in [7, 11) is 1.58. The molecule has 1 fully saturated rings. The van der Waals surface area contributed by atoms with Crippen LogP contribution >= 0.6 is 0 Å². The number of aromatic nitrogens is 2. The summed E-state index contributed by atoms with van der Waals surface area (Å²) in [6.45, 7) is 0. The van der Waals surface area contributed by atoms with Crippen LogP contribution in [0.1, 0.15) is 5.56 Å². The molecule has 1 aliphatic heterocycles. The summed E-state index contributed by atoms with van der Waals surface area (Å²) in [4.78, 5) is 35.5. The number of rotatable bonds is 4. The first-order valence-corrected chi connectivity index (χ1v) is 8.73. The van der Waals surface area contributed by atoms with Crippen molar-refractivity contribution in [1.29, 1.82) is 0 Å². The zero-order valence-corrected chi connectivity index (χ0v) is 15.4. The largest absolute Gasteiger partial charge is 0.497 e. The topological polar surface area (TPSA) is 102 Å². The van der Waals surface area contributed by atoms with Crippen molar-refractivity contribution in [2.75, 3.05) is 7.11 Å². The Kier molecular flexibility index (Phi) is 4.66. The first-order valence-electron chi connectivity index (χ1n) is 8.73. The average molecular weight is 388 g/mol. The minimum atomic E-state index is -0.840. The van der Waals surface area contributed by atoms with Gasteiger partial charge in [0, 0.05) is 17.3 Å². The molecular formula is C21H16N4O4. The summed E-state index contributed by atoms with van der Waals surface area (Å²) >= 11 is 0. The van der Waals surface area contributed by atoms with Gasteiger partial charge in [0.1, 0.15) is 11.3 Å². The summed E-state index contributed by atoms with van der Waals surface area (Å²) in [6.07, 6.45) is 3.14. The van der Waals surface area contributed by atoms with Gasteiger partial charge >= 0.3 is 6.03 Å². The van der Waals surface area contributed by atoms with Crippen molar-refractivity contribution >= 4 is 23.9 Å². The van der Waals surface area contributed by atoms with Gasteiger partial charge in [0.25, 0.3) is 11.8 Å². The second-order valence-corrected chi connectivity index (χ2v) is 6.24. The van der Waals surface area contributed by atoms with E-state index in [1.165, 1.54) is 6.08 Å². The van der Waals surface area contributed by atoms with Crippen LogP contribution in [0.25, 0.3) is 23.0 Å². The van der Waals surface area contributed by atoms with E-state index < -0.39 is 17.8 Å². The highest BCUT2D eigenvalue weighted by molar-refractivity contribution is 6.31. The molecular weight excluding hydrogens is 372 g/mol. The third-order valence-electron chi connectivity index (χ3n) is 4.37. The minimum absolute atomic E-state index is 0.174. The Bertz CT molecular complexity index is 1110. The Balaban J connectivity index is 1.84. The van der Waals surface area contributed by atoms with E-state index in [9.17, 15) is 14.4 Å². The third-order valence-corrected chi connectivity index (χ3v) is 4.37. The Labute approximate surface area is 165 Å². The molecule has 8 heteroatoms. The molecule has 0 saturated carbocycles. The monoisotopic (exact) mass is 388 g/mol. The van der Waals surface area contributed by atoms with Crippen LogP contribution in [0.3, 0.4) is 0 Å². The number of hydrogen-bond donors (Lipinski definition) is 2. The lowest BCUT2D eigenvalue weighted by Gasteiger charge is -2.13. The molecule has 0 aliphatic carbocycles. The number of carbonyl (C=O) groups excluding carboxylic acids is 3. The first kappa shape index (κ1) is 18.2. The summed E-state index contributed by atoms with van der Waals surface area (Å²) in [5.74, 6) is -0.820. The van der Waals surface area contributed by atoms with E-state index in [0.717, 1.165) is 11.3 Å². The van der Waals surface area contributed by atoms with Crippen molar-refractivity contribution in [1.82, 2.24) is 20.4 Å². The first-order chi connectivity index (χ1) is 14.0. The molecule has 144 valence electrons. The number of methoxy groups -OCH3 is 1. The van der Waals surface area contributed by atoms with Crippen LogP contribution in [0.4, 0.5) is 4.79 Å². The van der Waals surface area contributed by atoms with Crippen molar-refractivity contribution in [3.8, 4) is 22.7 Å². The van der Waals surface area contributed by atoms with Crippen LogP contribution in [-0.2, 0) is 9.59 Å². The van der Waals surface area contributed by atoms with E-state index >= 15 is 0 Å². The number of urea groups is 1. The van der Waals surface area contributed by atoms with E-state index in [4.69, 9.17) is 4.74 Å². The molecule has 1 aliphatic rings. The maximum absolute atomic E-state index is 12.1. The second-order valence-electron chi connectivity index (χ2n) is 6.24. The van der Waals surface area contributed by atoms with E-state index in [1.54, 1.807) is 30.1 Å². The number of carbonyl (C=O) groups is 3. The fourth-order valence-corrected chi connectivity index (χ4v) is 2.94. The molecule has 0 unspecified atom stereocenters. The van der Waals surface area contributed by atoms with Gasteiger partial charge in [-0.05, 0) is 42.5 Å². The Morgan fingerprint density at radius 3 is 2.21 bits per heavy atom. The van der Waals surface area contributed by atoms with Crippen LogP contribution < -0.4 is 15.4 Å². The number of benzene rings is 2. The number of para-hydroxylation sites is 1. The Morgan fingerprint density at radius 2 is 1.59 bits per heavy atom. The van der Waals surface area contributed by atoms with E-state index in [-0.39, 0.29) is 5.57 Å². The number of amides is 4. The van der Waals surface area contributed by atoms with Gasteiger partial charge in [0.15, 0.2) is 0 Å². The van der Waals surface area contributed by atoms with Crippen LogP contribution in [-0.4, -0.2) is 34.7 Å². The minimum Gasteiger partial charge on any atom is -0.497 e. The summed E-state index contributed by atoms with van der Waals surface area (Å²) in [5.41, 5.74) is 2.54. The standard InChI is InChI=1S/C21H16N4O4/c1-29-16-9-7-13(8-10-16)18-14(11-17-19(26)22-21(28)23-20(17)27)12-25(24-18)15-5-3-2-4-6-15/h2-12H,1H3,(H2,22,23,26,27,28). The van der Waals surface area contributed by atoms with Gasteiger partial charge in [-0.1, -0.05) is 18.2 Å². The van der Waals surface area contributed by atoms with Crippen LogP contribution in [0, 0.1) is 0 Å². The predicted molar refractivity (Wildman–Crippen MR) is 105 cm³/mol. The highest BCUT2D eigenvalue weighted by Crippen LogP contribution is 2.27. The summed E-state index contributed by atoms with van der Waals surface area (Å²) in [5, 5.41) is 8.78. The van der Waals surface area contributed by atoms with Crippen molar-refractivity contribution in [3.05, 3.63) is 71.9 Å². The number of ether oxygens (including phenoxy) is 1. The fraction of sp³-hybridized carbons (Fsp3) is 0.0476. The molecule has 0 spiro atoms. The van der Waals surface area contributed by atoms with Crippen molar-refractivity contribution in [2.24, 2.45) is 0 Å². The van der Waals surface area contributed by atoms with Crippen molar-refractivity contribution < 1.29 is 19.1 Å². The van der Waals surface area contributed by atoms with Crippen LogP contribution in [0.5, 0.6) is 5.75 Å². The van der Waals surface area contributed by atoms with E-state index in [1.807, 2.05) is 42.5 Å². The zero-order chi connectivity index (χ0) is 20.4. The highest BCUT2D eigenvalue weighted by atomic mass is 16.5. The normalized spacial score (nSPS) is 13.7. The number of hydrogen-bond acceptors (Lipinski definition) is 5. The smallest absolute Gasteiger partial charge is 0.328 e. The molecule has 2 aromatic carbocycles. The third kappa shape index (κ3) is 3.63. The van der Waals surface area contributed by atoms with Gasteiger partial charge in [-0.15, -0.1) is 0 Å². The van der Waals surface area contributed by atoms with Gasteiger partial charge < -0.3 is 4.74 Å². The number of barbiturate groups is 1. The molecule has 0 radical (unpaired) electrons. The van der Waals surface area contributed by atoms with Gasteiger partial charge in [0.2, 0.25) is 0 Å². The van der Waals surface area contributed by atoms with Crippen molar-refractivity contribution in [3.63, 3.8) is 0 Å². The molecule has 0 atom stereocenters. The molecule has 8 nitrogen and oxygen atoms in total. The lowest BCUT2D eigenvalue weighted by atomic mass is 10.0. The molecule has 4 rings (SSSR count). The molecule has 3 aromatic rings. The lowest BCUT2D eigenvalue weighted by Crippen LogP contribution is -2.51. The van der Waals surface area contributed by atoms with Crippen LogP contribution in [0.15, 0.2) is 66.4 Å². The van der Waals surface area contributed by atoms with Gasteiger partial charge in [-0.2, -0.15) is 5.10 Å². The SMILES string of the molecule is COc1ccc(-c2nn(-c3ccccc3)cc2C=C2C(=O)NC(=O)NC2=O)cc1.